The van der Waals surface area contributed by atoms with E-state index in [9.17, 15) is 9.59 Å². The predicted molar refractivity (Wildman–Crippen MR) is 72.3 cm³/mol. The van der Waals surface area contributed by atoms with Crippen LogP contribution in [0.4, 0.5) is 0 Å². The summed E-state index contributed by atoms with van der Waals surface area (Å²) < 4.78 is 0. The van der Waals surface area contributed by atoms with Crippen LogP contribution in [0, 0.1) is 11.3 Å². The third-order valence-electron chi connectivity index (χ3n) is 3.57. The van der Waals surface area contributed by atoms with E-state index in [1.54, 1.807) is 6.92 Å². The average Bonchev–Trinajstić information content (AvgIpc) is 2.28. The maximum atomic E-state index is 11.9. The first-order valence-electron chi connectivity index (χ1n) is 6.74. The lowest BCUT2D eigenvalue weighted by atomic mass is 9.89. The fourth-order valence-corrected chi connectivity index (χ4v) is 1.51. The molecule has 4 heteroatoms. The lowest BCUT2D eigenvalue weighted by molar-refractivity contribution is -0.141. The first-order chi connectivity index (χ1) is 8.20. The van der Waals surface area contributed by atoms with Crippen LogP contribution in [0.2, 0.25) is 0 Å². The van der Waals surface area contributed by atoms with Gasteiger partial charge in [-0.2, -0.15) is 0 Å². The third kappa shape index (κ3) is 6.03. The molecule has 106 valence electrons. The maximum Gasteiger partial charge on any atom is 0.306 e. The standard InChI is InChI=1S/C14H27NO3/c1-6-14(4,5)13(18)15-11(3)9-7-8-10(2)12(16)17/h10-11H,6-9H2,1-5H3,(H,15,18)(H,16,17). The SMILES string of the molecule is CCC(C)(C)C(=O)NC(C)CCCC(C)C(=O)O. The molecule has 0 aromatic rings. The summed E-state index contributed by atoms with van der Waals surface area (Å²) in [5.41, 5.74) is -0.331. The molecule has 0 bridgehead atoms. The summed E-state index contributed by atoms with van der Waals surface area (Å²) >= 11 is 0. The fraction of sp³-hybridized carbons (Fsp3) is 0.857. The lowest BCUT2D eigenvalue weighted by Crippen LogP contribution is -2.41. The van der Waals surface area contributed by atoms with Crippen molar-refractivity contribution in [1.29, 1.82) is 0 Å². The zero-order chi connectivity index (χ0) is 14.3. The Morgan fingerprint density at radius 1 is 1.22 bits per heavy atom. The molecule has 0 aliphatic rings. The summed E-state index contributed by atoms with van der Waals surface area (Å²) in [5.74, 6) is -0.984. The van der Waals surface area contributed by atoms with Crippen LogP contribution in [0.1, 0.15) is 60.3 Å². The van der Waals surface area contributed by atoms with Crippen molar-refractivity contribution in [2.45, 2.75) is 66.3 Å². The highest BCUT2D eigenvalue weighted by molar-refractivity contribution is 5.81. The number of carbonyl (C=O) groups is 2. The Hall–Kier alpha value is -1.06. The van der Waals surface area contributed by atoms with Gasteiger partial charge in [0.2, 0.25) is 5.91 Å². The molecule has 0 aliphatic carbocycles. The monoisotopic (exact) mass is 257 g/mol. The number of rotatable bonds is 8. The predicted octanol–water partition coefficient (Wildman–Crippen LogP) is 2.82. The Morgan fingerprint density at radius 2 is 1.78 bits per heavy atom. The van der Waals surface area contributed by atoms with Crippen molar-refractivity contribution >= 4 is 11.9 Å². The molecule has 0 aromatic heterocycles. The van der Waals surface area contributed by atoms with Crippen molar-refractivity contribution in [2.24, 2.45) is 11.3 Å². The highest BCUT2D eigenvalue weighted by Gasteiger charge is 2.26. The third-order valence-corrected chi connectivity index (χ3v) is 3.57. The van der Waals surface area contributed by atoms with Gasteiger partial charge in [0, 0.05) is 11.5 Å². The Balaban J connectivity index is 3.95. The normalized spacial score (nSPS) is 14.9. The number of carboxylic acid groups (broad SMARTS) is 1. The van der Waals surface area contributed by atoms with Crippen molar-refractivity contribution in [1.82, 2.24) is 5.32 Å². The van der Waals surface area contributed by atoms with Gasteiger partial charge in [0.1, 0.15) is 0 Å². The van der Waals surface area contributed by atoms with Crippen molar-refractivity contribution < 1.29 is 14.7 Å². The zero-order valence-electron chi connectivity index (χ0n) is 12.2. The molecule has 0 saturated heterocycles. The van der Waals surface area contributed by atoms with Crippen LogP contribution in [-0.4, -0.2) is 23.0 Å². The molecule has 4 nitrogen and oxygen atoms in total. The highest BCUT2D eigenvalue weighted by Crippen LogP contribution is 2.20. The van der Waals surface area contributed by atoms with E-state index in [1.165, 1.54) is 0 Å². The summed E-state index contributed by atoms with van der Waals surface area (Å²) in [6.45, 7) is 9.54. The minimum Gasteiger partial charge on any atom is -0.481 e. The molecule has 0 aromatic carbocycles. The van der Waals surface area contributed by atoms with Crippen molar-refractivity contribution in [3.63, 3.8) is 0 Å². The summed E-state index contributed by atoms with van der Waals surface area (Å²) in [7, 11) is 0. The molecule has 2 atom stereocenters. The van der Waals surface area contributed by atoms with E-state index in [1.807, 2.05) is 27.7 Å². The van der Waals surface area contributed by atoms with Gasteiger partial charge < -0.3 is 10.4 Å². The van der Waals surface area contributed by atoms with Crippen LogP contribution in [0.15, 0.2) is 0 Å². The van der Waals surface area contributed by atoms with Crippen molar-refractivity contribution in [2.75, 3.05) is 0 Å². The van der Waals surface area contributed by atoms with E-state index < -0.39 is 5.97 Å². The van der Waals surface area contributed by atoms with Gasteiger partial charge in [-0.3, -0.25) is 9.59 Å². The topological polar surface area (TPSA) is 66.4 Å². The quantitative estimate of drug-likeness (QED) is 0.702. The molecule has 2 N–H and O–H groups in total. The number of carbonyl (C=O) groups excluding carboxylic acids is 1. The molecule has 1 amide bonds. The van der Waals surface area contributed by atoms with Gasteiger partial charge >= 0.3 is 5.97 Å². The second kappa shape index (κ2) is 7.39. The average molecular weight is 257 g/mol. The second-order valence-corrected chi connectivity index (χ2v) is 5.78. The van der Waals surface area contributed by atoms with Crippen LogP contribution in [0.25, 0.3) is 0 Å². The van der Waals surface area contributed by atoms with E-state index >= 15 is 0 Å². The van der Waals surface area contributed by atoms with Gasteiger partial charge in [-0.05, 0) is 26.2 Å². The van der Waals surface area contributed by atoms with Crippen LogP contribution in [0.3, 0.4) is 0 Å². The van der Waals surface area contributed by atoms with Gasteiger partial charge in [0.25, 0.3) is 0 Å². The number of amides is 1. The van der Waals surface area contributed by atoms with Gasteiger partial charge in [-0.15, -0.1) is 0 Å². The Morgan fingerprint density at radius 3 is 2.22 bits per heavy atom. The van der Waals surface area contributed by atoms with E-state index in [0.717, 1.165) is 19.3 Å². The maximum absolute atomic E-state index is 11.9. The molecule has 0 spiro atoms. The number of hydrogen-bond acceptors (Lipinski definition) is 2. The fourth-order valence-electron chi connectivity index (χ4n) is 1.51. The largest absolute Gasteiger partial charge is 0.481 e. The molecule has 0 heterocycles. The Bertz CT molecular complexity index is 287. The van der Waals surface area contributed by atoms with Crippen LogP contribution in [0.5, 0.6) is 0 Å². The number of hydrogen-bond donors (Lipinski definition) is 2. The molecule has 0 rings (SSSR count). The van der Waals surface area contributed by atoms with E-state index in [0.29, 0.717) is 6.42 Å². The van der Waals surface area contributed by atoms with E-state index in [4.69, 9.17) is 5.11 Å². The molecular weight excluding hydrogens is 230 g/mol. The van der Waals surface area contributed by atoms with Gasteiger partial charge in [0.05, 0.1) is 5.92 Å². The van der Waals surface area contributed by atoms with Crippen molar-refractivity contribution in [3.8, 4) is 0 Å². The number of nitrogens with one attached hydrogen (secondary N) is 1. The molecule has 0 fully saturated rings. The smallest absolute Gasteiger partial charge is 0.306 e. The Labute approximate surface area is 110 Å². The zero-order valence-corrected chi connectivity index (χ0v) is 12.2. The highest BCUT2D eigenvalue weighted by atomic mass is 16.4. The summed E-state index contributed by atoms with van der Waals surface area (Å²) in [4.78, 5) is 22.6. The van der Waals surface area contributed by atoms with Gasteiger partial charge in [-0.1, -0.05) is 34.1 Å². The Kier molecular flexibility index (Phi) is 6.96. The molecule has 0 saturated carbocycles. The van der Waals surface area contributed by atoms with E-state index in [2.05, 4.69) is 5.32 Å². The first-order valence-corrected chi connectivity index (χ1v) is 6.74. The lowest BCUT2D eigenvalue weighted by Gasteiger charge is -2.24. The minimum absolute atomic E-state index is 0.0729. The van der Waals surface area contributed by atoms with Crippen molar-refractivity contribution in [3.05, 3.63) is 0 Å². The second-order valence-electron chi connectivity index (χ2n) is 5.78. The summed E-state index contributed by atoms with van der Waals surface area (Å²) in [6, 6.07) is 0.101. The number of aliphatic carboxylic acids is 1. The summed E-state index contributed by atoms with van der Waals surface area (Å²) in [5, 5.41) is 11.7. The van der Waals surface area contributed by atoms with Crippen LogP contribution >= 0.6 is 0 Å². The van der Waals surface area contributed by atoms with Crippen LogP contribution < -0.4 is 5.32 Å². The van der Waals surface area contributed by atoms with E-state index in [-0.39, 0.29) is 23.3 Å². The molecule has 2 unspecified atom stereocenters. The molecule has 0 radical (unpaired) electrons. The molecule has 0 aliphatic heterocycles. The van der Waals surface area contributed by atoms with Gasteiger partial charge in [0.15, 0.2) is 0 Å². The first kappa shape index (κ1) is 16.9. The minimum atomic E-state index is -0.751. The molecular formula is C14H27NO3. The summed E-state index contributed by atoms with van der Waals surface area (Å²) in [6.07, 6.45) is 3.11. The molecule has 18 heavy (non-hydrogen) atoms. The van der Waals surface area contributed by atoms with Crippen LogP contribution in [-0.2, 0) is 9.59 Å². The van der Waals surface area contributed by atoms with Gasteiger partial charge in [-0.25, -0.2) is 0 Å². The number of carboxylic acids is 1.